The summed E-state index contributed by atoms with van der Waals surface area (Å²) in [5, 5.41) is -0.0533. The van der Waals surface area contributed by atoms with Gasteiger partial charge in [-0.3, -0.25) is 9.78 Å². The predicted octanol–water partition coefficient (Wildman–Crippen LogP) is -0.519. The number of nitrogens with two attached hydrogens (primary N) is 1. The minimum absolute atomic E-state index is 0.0533. The number of pyridine rings is 1. The molecule has 0 unspecified atom stereocenters. The fraction of sp³-hybridized carbons (Fsp3) is 0.286. The van der Waals surface area contributed by atoms with Crippen molar-refractivity contribution in [2.24, 2.45) is 5.73 Å². The average Bonchev–Trinajstić information content (AvgIpc) is 2.62. The van der Waals surface area contributed by atoms with Gasteiger partial charge >= 0.3 is 0 Å². The highest BCUT2D eigenvalue weighted by Crippen LogP contribution is 2.18. The van der Waals surface area contributed by atoms with Gasteiger partial charge in [0.15, 0.2) is 5.03 Å². The summed E-state index contributed by atoms with van der Waals surface area (Å²) < 4.78 is 26.4. The van der Waals surface area contributed by atoms with Crippen LogP contribution in [-0.2, 0) is 10.0 Å². The molecule has 3 heterocycles. The van der Waals surface area contributed by atoms with E-state index < -0.39 is 15.9 Å². The second-order valence-corrected chi connectivity index (χ2v) is 7.09. The van der Waals surface area contributed by atoms with Gasteiger partial charge in [0.2, 0.25) is 5.91 Å². The van der Waals surface area contributed by atoms with Gasteiger partial charge in [0.1, 0.15) is 5.82 Å². The zero-order chi connectivity index (χ0) is 17.2. The van der Waals surface area contributed by atoms with Crippen molar-refractivity contribution in [3.63, 3.8) is 0 Å². The minimum atomic E-state index is -3.63. The van der Waals surface area contributed by atoms with Gasteiger partial charge in [0.25, 0.3) is 10.0 Å². The summed E-state index contributed by atoms with van der Waals surface area (Å²) in [5.41, 5.74) is 5.52. The Bertz CT molecular complexity index is 817. The van der Waals surface area contributed by atoms with Crippen LogP contribution in [0.4, 0.5) is 5.82 Å². The molecule has 3 rings (SSSR count). The molecule has 1 saturated heterocycles. The third-order valence-corrected chi connectivity index (χ3v) is 5.52. The molecule has 0 bridgehead atoms. The van der Waals surface area contributed by atoms with Crippen LogP contribution in [0.1, 0.15) is 10.4 Å². The molecule has 0 aliphatic carbocycles. The largest absolute Gasteiger partial charge is 0.366 e. The van der Waals surface area contributed by atoms with Crippen molar-refractivity contribution in [1.29, 1.82) is 0 Å². The number of piperazine rings is 1. The van der Waals surface area contributed by atoms with Crippen molar-refractivity contribution >= 4 is 21.7 Å². The van der Waals surface area contributed by atoms with Gasteiger partial charge in [-0.1, -0.05) is 0 Å². The van der Waals surface area contributed by atoms with Gasteiger partial charge in [-0.15, -0.1) is 0 Å². The summed E-state index contributed by atoms with van der Waals surface area (Å²) in [6, 6.07) is 3.31. The van der Waals surface area contributed by atoms with Gasteiger partial charge in [0, 0.05) is 44.8 Å². The van der Waals surface area contributed by atoms with Crippen LogP contribution in [0, 0.1) is 0 Å². The van der Waals surface area contributed by atoms with E-state index in [0.29, 0.717) is 37.6 Å². The molecule has 1 aliphatic rings. The first-order valence-electron chi connectivity index (χ1n) is 7.25. The fourth-order valence-corrected chi connectivity index (χ4v) is 3.72. The lowest BCUT2D eigenvalue weighted by Crippen LogP contribution is -2.49. The van der Waals surface area contributed by atoms with E-state index in [1.807, 2.05) is 4.90 Å². The molecule has 0 radical (unpaired) electrons. The van der Waals surface area contributed by atoms with Crippen LogP contribution in [0.25, 0.3) is 0 Å². The molecule has 126 valence electrons. The monoisotopic (exact) mass is 348 g/mol. The van der Waals surface area contributed by atoms with Crippen LogP contribution >= 0.6 is 0 Å². The van der Waals surface area contributed by atoms with Crippen molar-refractivity contribution in [2.45, 2.75) is 5.03 Å². The van der Waals surface area contributed by atoms with E-state index in [-0.39, 0.29) is 5.03 Å². The number of aromatic nitrogens is 3. The summed E-state index contributed by atoms with van der Waals surface area (Å²) in [6.45, 7) is 1.61. The molecule has 24 heavy (non-hydrogen) atoms. The summed E-state index contributed by atoms with van der Waals surface area (Å²) >= 11 is 0. The fourth-order valence-electron chi connectivity index (χ4n) is 2.43. The molecule has 1 aliphatic heterocycles. The molecule has 2 aromatic rings. The summed E-state index contributed by atoms with van der Waals surface area (Å²) in [6.07, 6.45) is 5.44. The Morgan fingerprint density at radius 1 is 1.04 bits per heavy atom. The maximum atomic E-state index is 12.5. The van der Waals surface area contributed by atoms with Gasteiger partial charge in [-0.25, -0.2) is 18.4 Å². The highest BCUT2D eigenvalue weighted by atomic mass is 32.2. The normalized spacial score (nSPS) is 16.1. The summed E-state index contributed by atoms with van der Waals surface area (Å²) in [7, 11) is -3.63. The number of hydrogen-bond acceptors (Lipinski definition) is 7. The van der Waals surface area contributed by atoms with E-state index in [9.17, 15) is 13.2 Å². The molecule has 2 aromatic heterocycles. The SMILES string of the molecule is NC(=O)c1ccc(N2CCN(S(=O)(=O)c3cnccn3)CC2)nc1. The van der Waals surface area contributed by atoms with E-state index in [4.69, 9.17) is 5.73 Å². The number of amides is 1. The quantitative estimate of drug-likeness (QED) is 0.789. The Morgan fingerprint density at radius 2 is 1.79 bits per heavy atom. The van der Waals surface area contributed by atoms with Crippen molar-refractivity contribution in [3.8, 4) is 0 Å². The van der Waals surface area contributed by atoms with Crippen LogP contribution in [0.2, 0.25) is 0 Å². The topological polar surface area (TPSA) is 122 Å². The molecular weight excluding hydrogens is 332 g/mol. The highest BCUT2D eigenvalue weighted by molar-refractivity contribution is 7.89. The first-order valence-corrected chi connectivity index (χ1v) is 8.69. The van der Waals surface area contributed by atoms with E-state index in [0.717, 1.165) is 0 Å². The number of sulfonamides is 1. The van der Waals surface area contributed by atoms with Gasteiger partial charge in [-0.05, 0) is 12.1 Å². The molecule has 0 atom stereocenters. The van der Waals surface area contributed by atoms with Gasteiger partial charge in [-0.2, -0.15) is 4.31 Å². The summed E-state index contributed by atoms with van der Waals surface area (Å²) in [4.78, 5) is 24.9. The third kappa shape index (κ3) is 3.19. The lowest BCUT2D eigenvalue weighted by atomic mass is 10.2. The Kier molecular flexibility index (Phi) is 4.40. The van der Waals surface area contributed by atoms with Crippen molar-refractivity contribution < 1.29 is 13.2 Å². The second-order valence-electron chi connectivity index (χ2n) is 5.20. The Labute approximate surface area is 139 Å². The minimum Gasteiger partial charge on any atom is -0.366 e. The van der Waals surface area contributed by atoms with Gasteiger partial charge in [0.05, 0.1) is 11.8 Å². The number of carbonyl (C=O) groups excluding carboxylic acids is 1. The standard InChI is InChI=1S/C14H16N6O3S/c15-14(21)11-1-2-12(18-9-11)19-5-7-20(8-6-19)24(22,23)13-10-16-3-4-17-13/h1-4,9-10H,5-8H2,(H2,15,21). The Balaban J connectivity index is 1.68. The Hall–Kier alpha value is -2.59. The number of anilines is 1. The smallest absolute Gasteiger partial charge is 0.262 e. The van der Waals surface area contributed by atoms with Crippen molar-refractivity contribution in [2.75, 3.05) is 31.1 Å². The first kappa shape index (κ1) is 16.3. The lowest BCUT2D eigenvalue weighted by Gasteiger charge is -2.34. The van der Waals surface area contributed by atoms with Crippen molar-refractivity contribution in [3.05, 3.63) is 42.5 Å². The maximum absolute atomic E-state index is 12.5. The van der Waals surface area contributed by atoms with Crippen LogP contribution in [-0.4, -0.2) is 59.8 Å². The Morgan fingerprint density at radius 3 is 2.33 bits per heavy atom. The molecule has 9 nitrogen and oxygen atoms in total. The zero-order valence-corrected chi connectivity index (χ0v) is 13.6. The number of carbonyl (C=O) groups is 1. The number of hydrogen-bond donors (Lipinski definition) is 1. The first-order chi connectivity index (χ1) is 11.5. The molecule has 1 fully saturated rings. The molecular formula is C14H16N6O3S. The third-order valence-electron chi connectivity index (χ3n) is 3.74. The van der Waals surface area contributed by atoms with E-state index >= 15 is 0 Å². The molecule has 10 heteroatoms. The van der Waals surface area contributed by atoms with E-state index in [1.54, 1.807) is 12.1 Å². The van der Waals surface area contributed by atoms with E-state index in [1.165, 1.54) is 29.1 Å². The van der Waals surface area contributed by atoms with Crippen LogP contribution < -0.4 is 10.6 Å². The number of primary amides is 1. The number of nitrogens with zero attached hydrogens (tertiary/aromatic N) is 5. The highest BCUT2D eigenvalue weighted by Gasteiger charge is 2.30. The second kappa shape index (κ2) is 6.49. The van der Waals surface area contributed by atoms with Crippen LogP contribution in [0.3, 0.4) is 0 Å². The van der Waals surface area contributed by atoms with E-state index in [2.05, 4.69) is 15.0 Å². The molecule has 1 amide bonds. The maximum Gasteiger partial charge on any atom is 0.262 e. The van der Waals surface area contributed by atoms with Crippen LogP contribution in [0.15, 0.2) is 41.9 Å². The molecule has 0 spiro atoms. The van der Waals surface area contributed by atoms with Crippen molar-refractivity contribution in [1.82, 2.24) is 19.3 Å². The predicted molar refractivity (Wildman–Crippen MR) is 85.8 cm³/mol. The average molecular weight is 348 g/mol. The van der Waals surface area contributed by atoms with Gasteiger partial charge < -0.3 is 10.6 Å². The lowest BCUT2D eigenvalue weighted by molar-refractivity contribution is 0.1000. The number of rotatable bonds is 4. The molecule has 0 saturated carbocycles. The molecule has 0 aromatic carbocycles. The zero-order valence-electron chi connectivity index (χ0n) is 12.7. The summed E-state index contributed by atoms with van der Waals surface area (Å²) in [5.74, 6) is 0.144. The van der Waals surface area contributed by atoms with Crippen LogP contribution in [0.5, 0.6) is 0 Å². The molecule has 2 N–H and O–H groups in total.